The van der Waals surface area contributed by atoms with Gasteiger partial charge in [-0.15, -0.1) is 5.10 Å². The van der Waals surface area contributed by atoms with Gasteiger partial charge in [0.2, 0.25) is 0 Å². The standard InChI is InChI=1S/C19H19F2N7O2/c1-27-6-8-28(9-7-27)16-5-3-13(11-22-16)23-17(29)18-25-26-19(30-18)24-15-10-12(20)2-4-14(15)21/h2-5,10-11H,6-9H2,1H3,(H,23,29)(H,24,26). The van der Waals surface area contributed by atoms with Gasteiger partial charge in [0.15, 0.2) is 0 Å². The van der Waals surface area contributed by atoms with E-state index < -0.39 is 17.5 Å². The van der Waals surface area contributed by atoms with E-state index in [9.17, 15) is 13.6 Å². The Hall–Kier alpha value is -3.60. The molecule has 3 heterocycles. The minimum Gasteiger partial charge on any atom is -0.399 e. The second kappa shape index (κ2) is 8.41. The Morgan fingerprint density at radius 2 is 1.90 bits per heavy atom. The van der Waals surface area contributed by atoms with Crippen LogP contribution in [0.4, 0.5) is 32.0 Å². The van der Waals surface area contributed by atoms with Gasteiger partial charge in [-0.3, -0.25) is 4.79 Å². The van der Waals surface area contributed by atoms with Crippen molar-refractivity contribution in [3.05, 3.63) is 54.1 Å². The third-order valence-corrected chi connectivity index (χ3v) is 4.62. The number of hydrogen-bond donors (Lipinski definition) is 2. The van der Waals surface area contributed by atoms with Gasteiger partial charge in [0, 0.05) is 32.2 Å². The molecule has 3 aromatic rings. The molecule has 0 bridgehead atoms. The van der Waals surface area contributed by atoms with E-state index in [-0.39, 0.29) is 17.6 Å². The summed E-state index contributed by atoms with van der Waals surface area (Å²) in [6.07, 6.45) is 1.54. The second-order valence-electron chi connectivity index (χ2n) is 6.81. The zero-order valence-electron chi connectivity index (χ0n) is 16.1. The fourth-order valence-corrected chi connectivity index (χ4v) is 2.94. The normalized spacial score (nSPS) is 14.6. The average Bonchev–Trinajstić information content (AvgIpc) is 3.21. The van der Waals surface area contributed by atoms with Crippen molar-refractivity contribution in [2.75, 3.05) is 48.8 Å². The van der Waals surface area contributed by atoms with Crippen LogP contribution in [0.1, 0.15) is 10.7 Å². The van der Waals surface area contributed by atoms with Gasteiger partial charge in [-0.1, -0.05) is 5.10 Å². The number of aromatic nitrogens is 3. The SMILES string of the molecule is CN1CCN(c2ccc(NC(=O)c3nnc(Nc4cc(F)ccc4F)o3)cn2)CC1. The molecule has 1 fully saturated rings. The van der Waals surface area contributed by atoms with Gasteiger partial charge in [-0.2, -0.15) is 0 Å². The van der Waals surface area contributed by atoms with Crippen LogP contribution in [-0.4, -0.2) is 59.2 Å². The zero-order chi connectivity index (χ0) is 21.1. The summed E-state index contributed by atoms with van der Waals surface area (Å²) < 4.78 is 32.1. The summed E-state index contributed by atoms with van der Waals surface area (Å²) in [5.74, 6) is -1.49. The largest absolute Gasteiger partial charge is 0.399 e. The summed E-state index contributed by atoms with van der Waals surface area (Å²) in [5.41, 5.74) is 0.274. The van der Waals surface area contributed by atoms with Crippen LogP contribution in [0.15, 0.2) is 40.9 Å². The number of hydrogen-bond acceptors (Lipinski definition) is 8. The minimum atomic E-state index is -0.702. The number of pyridine rings is 1. The molecule has 11 heteroatoms. The van der Waals surface area contributed by atoms with Gasteiger partial charge in [-0.25, -0.2) is 13.8 Å². The number of anilines is 4. The van der Waals surface area contributed by atoms with E-state index in [1.165, 1.54) is 0 Å². The van der Waals surface area contributed by atoms with E-state index in [4.69, 9.17) is 4.42 Å². The summed E-state index contributed by atoms with van der Waals surface area (Å²) in [4.78, 5) is 21.1. The van der Waals surface area contributed by atoms with E-state index in [1.54, 1.807) is 12.3 Å². The molecule has 0 aliphatic carbocycles. The maximum Gasteiger partial charge on any atom is 0.320 e. The van der Waals surface area contributed by atoms with E-state index in [2.05, 4.69) is 42.7 Å². The smallest absolute Gasteiger partial charge is 0.320 e. The molecule has 2 N–H and O–H groups in total. The van der Waals surface area contributed by atoms with E-state index in [0.29, 0.717) is 5.69 Å². The summed E-state index contributed by atoms with van der Waals surface area (Å²) in [7, 11) is 2.08. The number of nitrogens with one attached hydrogen (secondary N) is 2. The van der Waals surface area contributed by atoms with Crippen LogP contribution in [0.3, 0.4) is 0 Å². The third-order valence-electron chi connectivity index (χ3n) is 4.62. The number of nitrogens with zero attached hydrogens (tertiary/aromatic N) is 5. The molecular weight excluding hydrogens is 396 g/mol. The molecule has 9 nitrogen and oxygen atoms in total. The molecule has 1 aliphatic heterocycles. The topological polar surface area (TPSA) is 99.4 Å². The molecule has 2 aromatic heterocycles. The Morgan fingerprint density at radius 3 is 2.63 bits per heavy atom. The molecular formula is C19H19F2N7O2. The lowest BCUT2D eigenvalue weighted by atomic mass is 10.3. The Labute approximate surface area is 170 Å². The maximum atomic E-state index is 13.7. The quantitative estimate of drug-likeness (QED) is 0.656. The number of benzene rings is 1. The van der Waals surface area contributed by atoms with Crippen molar-refractivity contribution >= 4 is 29.1 Å². The van der Waals surface area contributed by atoms with Crippen LogP contribution in [0.5, 0.6) is 0 Å². The predicted molar refractivity (Wildman–Crippen MR) is 106 cm³/mol. The molecule has 0 unspecified atom stereocenters. The van der Waals surface area contributed by atoms with E-state index >= 15 is 0 Å². The number of carbonyl (C=O) groups is 1. The van der Waals surface area contributed by atoms with Crippen molar-refractivity contribution in [2.45, 2.75) is 0 Å². The highest BCUT2D eigenvalue weighted by Gasteiger charge is 2.18. The lowest BCUT2D eigenvalue weighted by Gasteiger charge is -2.33. The molecule has 1 aliphatic rings. The number of rotatable bonds is 5. The first kappa shape index (κ1) is 19.7. The summed E-state index contributed by atoms with van der Waals surface area (Å²) >= 11 is 0. The molecule has 0 atom stereocenters. The average molecular weight is 415 g/mol. The number of carbonyl (C=O) groups excluding carboxylic acids is 1. The van der Waals surface area contributed by atoms with Gasteiger partial charge >= 0.3 is 17.8 Å². The van der Waals surface area contributed by atoms with Crippen molar-refractivity contribution in [1.82, 2.24) is 20.1 Å². The summed E-state index contributed by atoms with van der Waals surface area (Å²) in [5, 5.41) is 12.3. The number of likely N-dealkylation sites (N-methyl/N-ethyl adjacent to an activating group) is 1. The molecule has 156 valence electrons. The summed E-state index contributed by atoms with van der Waals surface area (Å²) in [6.45, 7) is 3.71. The highest BCUT2D eigenvalue weighted by molar-refractivity contribution is 6.00. The summed E-state index contributed by atoms with van der Waals surface area (Å²) in [6, 6.07) is 6.20. The first-order chi connectivity index (χ1) is 14.5. The van der Waals surface area contributed by atoms with Crippen LogP contribution in [0.25, 0.3) is 0 Å². The first-order valence-corrected chi connectivity index (χ1v) is 9.24. The second-order valence-corrected chi connectivity index (χ2v) is 6.81. The van der Waals surface area contributed by atoms with Crippen LogP contribution >= 0.6 is 0 Å². The van der Waals surface area contributed by atoms with E-state index in [1.807, 2.05) is 6.07 Å². The number of halogens is 2. The Kier molecular flexibility index (Phi) is 5.53. The van der Waals surface area contributed by atoms with Gasteiger partial charge in [0.1, 0.15) is 17.5 Å². The molecule has 1 aromatic carbocycles. The molecule has 4 rings (SSSR count). The van der Waals surface area contributed by atoms with Gasteiger partial charge < -0.3 is 24.9 Å². The number of piperazine rings is 1. The molecule has 30 heavy (non-hydrogen) atoms. The highest BCUT2D eigenvalue weighted by atomic mass is 19.1. The molecule has 0 spiro atoms. The molecule has 1 saturated heterocycles. The predicted octanol–water partition coefficient (Wildman–Crippen LogP) is 2.49. The van der Waals surface area contributed by atoms with Crippen LogP contribution in [0, 0.1) is 11.6 Å². The third kappa shape index (κ3) is 4.51. The maximum absolute atomic E-state index is 13.7. The van der Waals surface area contributed by atoms with E-state index in [0.717, 1.165) is 50.2 Å². The minimum absolute atomic E-state index is 0.186. The monoisotopic (exact) mass is 415 g/mol. The van der Waals surface area contributed by atoms with Crippen molar-refractivity contribution < 1.29 is 18.0 Å². The number of amides is 1. The zero-order valence-corrected chi connectivity index (χ0v) is 16.1. The molecule has 1 amide bonds. The Bertz CT molecular complexity index is 1030. The highest BCUT2D eigenvalue weighted by Crippen LogP contribution is 2.21. The van der Waals surface area contributed by atoms with Crippen molar-refractivity contribution in [1.29, 1.82) is 0 Å². The van der Waals surface area contributed by atoms with Crippen molar-refractivity contribution in [3.63, 3.8) is 0 Å². The Balaban J connectivity index is 1.38. The van der Waals surface area contributed by atoms with Crippen molar-refractivity contribution in [3.8, 4) is 0 Å². The lowest BCUT2D eigenvalue weighted by Crippen LogP contribution is -2.44. The molecule has 0 radical (unpaired) electrons. The lowest BCUT2D eigenvalue weighted by molar-refractivity contribution is 0.0991. The van der Waals surface area contributed by atoms with Gasteiger partial charge in [0.25, 0.3) is 0 Å². The van der Waals surface area contributed by atoms with Crippen LogP contribution in [0.2, 0.25) is 0 Å². The first-order valence-electron chi connectivity index (χ1n) is 9.24. The van der Waals surface area contributed by atoms with Gasteiger partial charge in [-0.05, 0) is 31.3 Å². The fraction of sp³-hybridized carbons (Fsp3) is 0.263. The van der Waals surface area contributed by atoms with Crippen LogP contribution in [-0.2, 0) is 0 Å². The fourth-order valence-electron chi connectivity index (χ4n) is 2.94. The van der Waals surface area contributed by atoms with Crippen molar-refractivity contribution in [2.24, 2.45) is 0 Å². The molecule has 0 saturated carbocycles. The Morgan fingerprint density at radius 1 is 1.10 bits per heavy atom. The van der Waals surface area contributed by atoms with Crippen LogP contribution < -0.4 is 15.5 Å². The van der Waals surface area contributed by atoms with Gasteiger partial charge in [0.05, 0.1) is 17.6 Å².